The average Bonchev–Trinajstić information content (AvgIpc) is 2.49. The molecule has 1 rings (SSSR count). The smallest absolute Gasteiger partial charge is 0.0274 e. The van der Waals surface area contributed by atoms with E-state index in [9.17, 15) is 0 Å². The molecule has 1 aliphatic carbocycles. The summed E-state index contributed by atoms with van der Waals surface area (Å²) in [5.41, 5.74) is 0.717. The SMILES string of the molecule is CC(C)CCCCCCCCCCC1(C(C)C)CCCCC1. The van der Waals surface area contributed by atoms with Crippen molar-refractivity contribution in [3.05, 3.63) is 0 Å². The van der Waals surface area contributed by atoms with Gasteiger partial charge in [0.25, 0.3) is 0 Å². The van der Waals surface area contributed by atoms with Gasteiger partial charge in [0, 0.05) is 0 Å². The van der Waals surface area contributed by atoms with Crippen LogP contribution >= 0.6 is 0 Å². The van der Waals surface area contributed by atoms with E-state index in [1.807, 2.05) is 0 Å². The minimum atomic E-state index is 0.717. The van der Waals surface area contributed by atoms with E-state index in [1.165, 1.54) is 96.3 Å². The average molecular weight is 309 g/mol. The molecule has 0 spiro atoms. The molecule has 0 aromatic heterocycles. The van der Waals surface area contributed by atoms with Crippen LogP contribution in [0.15, 0.2) is 0 Å². The van der Waals surface area contributed by atoms with E-state index in [0.717, 1.165) is 17.3 Å². The highest BCUT2D eigenvalue weighted by molar-refractivity contribution is 4.85. The summed E-state index contributed by atoms with van der Waals surface area (Å²) in [5.74, 6) is 1.79. The fraction of sp³-hybridized carbons (Fsp3) is 1.00. The Kier molecular flexibility index (Phi) is 10.5. The van der Waals surface area contributed by atoms with E-state index in [4.69, 9.17) is 0 Å². The van der Waals surface area contributed by atoms with Crippen molar-refractivity contribution in [2.75, 3.05) is 0 Å². The first-order valence-corrected chi connectivity index (χ1v) is 10.6. The predicted octanol–water partition coefficient (Wildman–Crippen LogP) is 8.15. The van der Waals surface area contributed by atoms with Gasteiger partial charge in [-0.2, -0.15) is 0 Å². The van der Waals surface area contributed by atoms with Gasteiger partial charge in [0.15, 0.2) is 0 Å². The lowest BCUT2D eigenvalue weighted by Gasteiger charge is -2.41. The first kappa shape index (κ1) is 20.0. The number of rotatable bonds is 12. The van der Waals surface area contributed by atoms with Crippen molar-refractivity contribution in [3.8, 4) is 0 Å². The van der Waals surface area contributed by atoms with Gasteiger partial charge in [-0.15, -0.1) is 0 Å². The van der Waals surface area contributed by atoms with Gasteiger partial charge >= 0.3 is 0 Å². The molecule has 0 heteroatoms. The van der Waals surface area contributed by atoms with Crippen LogP contribution in [0.5, 0.6) is 0 Å². The predicted molar refractivity (Wildman–Crippen MR) is 101 cm³/mol. The van der Waals surface area contributed by atoms with Crippen molar-refractivity contribution in [2.24, 2.45) is 17.3 Å². The molecule has 0 nitrogen and oxygen atoms in total. The van der Waals surface area contributed by atoms with Gasteiger partial charge in [-0.1, -0.05) is 105 Å². The molecule has 0 bridgehead atoms. The summed E-state index contributed by atoms with van der Waals surface area (Å²) in [5, 5.41) is 0. The molecule has 0 amide bonds. The summed E-state index contributed by atoms with van der Waals surface area (Å²) in [7, 11) is 0. The number of hydrogen-bond acceptors (Lipinski definition) is 0. The number of hydrogen-bond donors (Lipinski definition) is 0. The lowest BCUT2D eigenvalue weighted by atomic mass is 9.64. The van der Waals surface area contributed by atoms with Crippen LogP contribution in [0.1, 0.15) is 124 Å². The van der Waals surface area contributed by atoms with Crippen LogP contribution < -0.4 is 0 Å². The highest BCUT2D eigenvalue weighted by atomic mass is 14.4. The molecule has 0 N–H and O–H groups in total. The van der Waals surface area contributed by atoms with E-state index in [2.05, 4.69) is 27.7 Å². The Morgan fingerprint density at radius 3 is 1.64 bits per heavy atom. The Morgan fingerprint density at radius 2 is 1.14 bits per heavy atom. The zero-order valence-electron chi connectivity index (χ0n) is 16.3. The molecule has 0 heterocycles. The Balaban J connectivity index is 1.98. The maximum Gasteiger partial charge on any atom is -0.0274 e. The van der Waals surface area contributed by atoms with E-state index < -0.39 is 0 Å². The zero-order chi connectivity index (χ0) is 16.3. The largest absolute Gasteiger partial charge is 0.0628 e. The van der Waals surface area contributed by atoms with Gasteiger partial charge in [-0.25, -0.2) is 0 Å². The molecule has 0 unspecified atom stereocenters. The van der Waals surface area contributed by atoms with Crippen molar-refractivity contribution < 1.29 is 0 Å². The maximum absolute atomic E-state index is 2.47. The summed E-state index contributed by atoms with van der Waals surface area (Å²) in [6, 6.07) is 0. The molecular weight excluding hydrogens is 264 g/mol. The molecule has 1 saturated carbocycles. The van der Waals surface area contributed by atoms with Crippen LogP contribution in [0.3, 0.4) is 0 Å². The van der Waals surface area contributed by atoms with Crippen LogP contribution in [-0.2, 0) is 0 Å². The maximum atomic E-state index is 2.47. The Hall–Kier alpha value is 0. The van der Waals surface area contributed by atoms with Crippen molar-refractivity contribution in [1.82, 2.24) is 0 Å². The highest BCUT2D eigenvalue weighted by Crippen LogP contribution is 2.46. The third-order valence-corrected chi connectivity index (χ3v) is 6.28. The lowest BCUT2D eigenvalue weighted by Crippen LogP contribution is -2.29. The minimum Gasteiger partial charge on any atom is -0.0628 e. The standard InChI is InChI=1S/C22H44/c1-20(2)16-12-9-7-5-6-8-10-13-17-22(21(3)4)18-14-11-15-19-22/h20-21H,5-19H2,1-4H3. The van der Waals surface area contributed by atoms with E-state index in [1.54, 1.807) is 0 Å². The zero-order valence-corrected chi connectivity index (χ0v) is 16.3. The highest BCUT2D eigenvalue weighted by Gasteiger charge is 2.34. The van der Waals surface area contributed by atoms with Crippen LogP contribution in [0, 0.1) is 17.3 Å². The normalized spacial score (nSPS) is 18.3. The van der Waals surface area contributed by atoms with Crippen molar-refractivity contribution in [3.63, 3.8) is 0 Å². The summed E-state index contributed by atoms with van der Waals surface area (Å²) >= 11 is 0. The lowest BCUT2D eigenvalue weighted by molar-refractivity contribution is 0.101. The summed E-state index contributed by atoms with van der Waals surface area (Å²) in [4.78, 5) is 0. The third kappa shape index (κ3) is 8.02. The van der Waals surface area contributed by atoms with Gasteiger partial charge < -0.3 is 0 Å². The minimum absolute atomic E-state index is 0.717. The molecule has 0 aromatic rings. The first-order chi connectivity index (χ1) is 10.6. The van der Waals surface area contributed by atoms with Crippen LogP contribution in [0.25, 0.3) is 0 Å². The number of unbranched alkanes of at least 4 members (excludes halogenated alkanes) is 7. The second-order valence-corrected chi connectivity index (χ2v) is 8.84. The van der Waals surface area contributed by atoms with Gasteiger partial charge in [-0.3, -0.25) is 0 Å². The summed E-state index contributed by atoms with van der Waals surface area (Å²) in [6.45, 7) is 9.64. The fourth-order valence-corrected chi connectivity index (χ4v) is 4.46. The topological polar surface area (TPSA) is 0 Å². The third-order valence-electron chi connectivity index (χ3n) is 6.28. The van der Waals surface area contributed by atoms with Crippen LogP contribution in [0.2, 0.25) is 0 Å². The van der Waals surface area contributed by atoms with Crippen molar-refractivity contribution in [2.45, 2.75) is 124 Å². The molecule has 1 fully saturated rings. The molecule has 0 radical (unpaired) electrons. The molecule has 0 saturated heterocycles. The quantitative estimate of drug-likeness (QED) is 0.319. The van der Waals surface area contributed by atoms with Gasteiger partial charge in [0.2, 0.25) is 0 Å². The molecule has 0 atom stereocenters. The molecule has 132 valence electrons. The van der Waals surface area contributed by atoms with Gasteiger partial charge in [-0.05, 0) is 36.5 Å². The second kappa shape index (κ2) is 11.5. The van der Waals surface area contributed by atoms with Crippen molar-refractivity contribution >= 4 is 0 Å². The van der Waals surface area contributed by atoms with E-state index in [0.29, 0.717) is 0 Å². The Bertz CT molecular complexity index is 245. The van der Waals surface area contributed by atoms with Gasteiger partial charge in [0.05, 0.1) is 0 Å². The molecule has 0 aromatic carbocycles. The first-order valence-electron chi connectivity index (χ1n) is 10.6. The molecule has 22 heavy (non-hydrogen) atoms. The molecule has 0 aliphatic heterocycles. The summed E-state index contributed by atoms with van der Waals surface area (Å²) in [6.07, 6.45) is 22.3. The van der Waals surface area contributed by atoms with Crippen LogP contribution in [0.4, 0.5) is 0 Å². The monoisotopic (exact) mass is 308 g/mol. The Labute approximate surface area is 141 Å². The fourth-order valence-electron chi connectivity index (χ4n) is 4.46. The molecular formula is C22H44. The van der Waals surface area contributed by atoms with E-state index in [-0.39, 0.29) is 0 Å². The molecule has 1 aliphatic rings. The second-order valence-electron chi connectivity index (χ2n) is 8.84. The Morgan fingerprint density at radius 1 is 0.636 bits per heavy atom. The van der Waals surface area contributed by atoms with Crippen LogP contribution in [-0.4, -0.2) is 0 Å². The van der Waals surface area contributed by atoms with Gasteiger partial charge in [0.1, 0.15) is 0 Å². The van der Waals surface area contributed by atoms with Crippen molar-refractivity contribution in [1.29, 1.82) is 0 Å². The summed E-state index contributed by atoms with van der Waals surface area (Å²) < 4.78 is 0. The van der Waals surface area contributed by atoms with E-state index >= 15 is 0 Å².